The van der Waals surface area contributed by atoms with Gasteiger partial charge in [0.25, 0.3) is 0 Å². The molecule has 0 spiro atoms. The topological polar surface area (TPSA) is 52.3 Å². The molecule has 1 rings (SSSR count). The number of esters is 1. The highest BCUT2D eigenvalue weighted by atomic mass is 32.2. The van der Waals surface area contributed by atoms with Crippen LogP contribution in [0.3, 0.4) is 0 Å². The summed E-state index contributed by atoms with van der Waals surface area (Å²) in [4.78, 5) is 12.0. The monoisotopic (exact) mass is 307 g/mol. The van der Waals surface area contributed by atoms with Crippen molar-refractivity contribution in [2.45, 2.75) is 24.9 Å². The first kappa shape index (κ1) is 16.7. The molecule has 0 atom stereocenters. The fourth-order valence-corrected chi connectivity index (χ4v) is 2.47. The highest BCUT2D eigenvalue weighted by molar-refractivity contribution is 7.99. The summed E-state index contributed by atoms with van der Waals surface area (Å²) in [6, 6.07) is 3.19. The Morgan fingerprint density at radius 2 is 1.95 bits per heavy atom. The van der Waals surface area contributed by atoms with Gasteiger partial charge in [0.1, 0.15) is 0 Å². The van der Waals surface area contributed by atoms with Gasteiger partial charge in [0, 0.05) is 16.3 Å². The van der Waals surface area contributed by atoms with Gasteiger partial charge in [-0.1, -0.05) is 0 Å². The molecule has 0 bridgehead atoms. The van der Waals surface area contributed by atoms with E-state index in [1.54, 1.807) is 13.8 Å². The van der Waals surface area contributed by atoms with E-state index in [0.29, 0.717) is 10.6 Å². The third kappa shape index (κ3) is 4.06. The number of hydrogen-bond donors (Lipinski definition) is 1. The predicted octanol–water partition coefficient (Wildman–Crippen LogP) is 3.58. The van der Waals surface area contributed by atoms with Crippen molar-refractivity contribution in [3.8, 4) is 0 Å². The number of carbonyl (C=O) groups excluding carboxylic acids is 1. The fraction of sp³-hybridized carbons (Fsp3) is 0.462. The second-order valence-electron chi connectivity index (χ2n) is 4.91. The number of hydrogen-bond acceptors (Lipinski definition) is 4. The Morgan fingerprint density at radius 1 is 1.35 bits per heavy atom. The molecule has 0 aliphatic carbocycles. The Labute approximate surface area is 119 Å². The molecule has 0 fully saturated rings. The number of nitrogens with two attached hydrogens (primary N) is 1. The number of halogens is 3. The van der Waals surface area contributed by atoms with Crippen LogP contribution in [0.1, 0.15) is 19.4 Å². The highest BCUT2D eigenvalue weighted by Gasteiger charge is 2.32. The molecule has 2 N–H and O–H groups in total. The molecule has 0 aliphatic heterocycles. The van der Waals surface area contributed by atoms with Crippen LogP contribution in [0.15, 0.2) is 23.1 Å². The summed E-state index contributed by atoms with van der Waals surface area (Å²) >= 11 is 1.22. The second-order valence-corrected chi connectivity index (χ2v) is 5.93. The fourth-order valence-electron chi connectivity index (χ4n) is 1.45. The molecule has 0 saturated carbocycles. The minimum absolute atomic E-state index is 0.0468. The Morgan fingerprint density at radius 3 is 2.40 bits per heavy atom. The van der Waals surface area contributed by atoms with Crippen LogP contribution in [0.2, 0.25) is 0 Å². The molecule has 3 nitrogen and oxygen atoms in total. The van der Waals surface area contributed by atoms with E-state index in [1.165, 1.54) is 24.9 Å². The number of ether oxygens (including phenoxy) is 1. The maximum absolute atomic E-state index is 12.5. The Hall–Kier alpha value is -1.37. The molecule has 0 heterocycles. The van der Waals surface area contributed by atoms with E-state index in [-0.39, 0.29) is 11.7 Å². The van der Waals surface area contributed by atoms with Crippen LogP contribution < -0.4 is 5.73 Å². The zero-order chi connectivity index (χ0) is 15.6. The molecule has 1 aromatic carbocycles. The zero-order valence-electron chi connectivity index (χ0n) is 11.4. The zero-order valence-corrected chi connectivity index (χ0v) is 12.2. The van der Waals surface area contributed by atoms with Gasteiger partial charge in [-0.15, -0.1) is 11.8 Å². The van der Waals surface area contributed by atoms with Gasteiger partial charge >= 0.3 is 12.1 Å². The first-order valence-electron chi connectivity index (χ1n) is 5.76. The van der Waals surface area contributed by atoms with Crippen molar-refractivity contribution in [2.75, 3.05) is 18.6 Å². The van der Waals surface area contributed by atoms with E-state index in [0.717, 1.165) is 12.1 Å². The van der Waals surface area contributed by atoms with Crippen LogP contribution >= 0.6 is 11.8 Å². The lowest BCUT2D eigenvalue weighted by Gasteiger charge is -2.21. The van der Waals surface area contributed by atoms with Crippen molar-refractivity contribution in [1.29, 1.82) is 0 Å². The number of carbonyl (C=O) groups is 1. The van der Waals surface area contributed by atoms with Gasteiger partial charge in [-0.25, -0.2) is 0 Å². The SMILES string of the molecule is COC(=O)C(C)(C)CSc1ccc(C(F)(F)F)cc1N. The molecule has 112 valence electrons. The van der Waals surface area contributed by atoms with Crippen molar-refractivity contribution < 1.29 is 22.7 Å². The van der Waals surface area contributed by atoms with Crippen LogP contribution in [-0.2, 0) is 15.7 Å². The number of anilines is 1. The number of rotatable bonds is 4. The Kier molecular flexibility index (Phi) is 4.96. The molecule has 0 radical (unpaired) electrons. The van der Waals surface area contributed by atoms with Gasteiger partial charge in [0.05, 0.1) is 18.1 Å². The average Bonchev–Trinajstić information content (AvgIpc) is 2.35. The van der Waals surface area contributed by atoms with Crippen LogP contribution in [0.5, 0.6) is 0 Å². The molecular weight excluding hydrogens is 291 g/mol. The molecule has 0 aliphatic rings. The first-order chi connectivity index (χ1) is 9.08. The summed E-state index contributed by atoms with van der Waals surface area (Å²) in [5, 5.41) is 0. The van der Waals surface area contributed by atoms with Crippen molar-refractivity contribution in [1.82, 2.24) is 0 Å². The maximum Gasteiger partial charge on any atom is 0.416 e. The summed E-state index contributed by atoms with van der Waals surface area (Å²) in [6.07, 6.45) is -4.41. The lowest BCUT2D eigenvalue weighted by Crippen LogP contribution is -2.28. The molecular formula is C13H16F3NO2S. The maximum atomic E-state index is 12.5. The van der Waals surface area contributed by atoms with E-state index < -0.39 is 17.2 Å². The van der Waals surface area contributed by atoms with E-state index in [9.17, 15) is 18.0 Å². The van der Waals surface area contributed by atoms with E-state index >= 15 is 0 Å². The quantitative estimate of drug-likeness (QED) is 0.525. The summed E-state index contributed by atoms with van der Waals surface area (Å²) < 4.78 is 42.2. The third-order valence-electron chi connectivity index (χ3n) is 2.66. The molecule has 1 aromatic rings. The predicted molar refractivity (Wildman–Crippen MR) is 72.4 cm³/mol. The first-order valence-corrected chi connectivity index (χ1v) is 6.74. The van der Waals surface area contributed by atoms with Gasteiger partial charge in [-0.05, 0) is 32.0 Å². The number of benzene rings is 1. The molecule has 0 amide bonds. The summed E-state index contributed by atoms with van der Waals surface area (Å²) in [6.45, 7) is 3.40. The number of methoxy groups -OCH3 is 1. The van der Waals surface area contributed by atoms with Gasteiger partial charge in [0.2, 0.25) is 0 Å². The minimum Gasteiger partial charge on any atom is -0.469 e. The summed E-state index contributed by atoms with van der Waals surface area (Å²) in [5.41, 5.74) is 4.14. The molecule has 0 saturated heterocycles. The number of thioether (sulfide) groups is 1. The van der Waals surface area contributed by atoms with Gasteiger partial charge in [-0.3, -0.25) is 4.79 Å². The van der Waals surface area contributed by atoms with Gasteiger partial charge in [0.15, 0.2) is 0 Å². The van der Waals surface area contributed by atoms with E-state index in [4.69, 9.17) is 5.73 Å². The third-order valence-corrected chi connectivity index (χ3v) is 4.21. The van der Waals surface area contributed by atoms with Crippen LogP contribution in [0.25, 0.3) is 0 Å². The van der Waals surface area contributed by atoms with Gasteiger partial charge < -0.3 is 10.5 Å². The molecule has 7 heteroatoms. The highest BCUT2D eigenvalue weighted by Crippen LogP contribution is 2.36. The molecule has 0 unspecified atom stereocenters. The summed E-state index contributed by atoms with van der Waals surface area (Å²) in [7, 11) is 1.29. The normalized spacial score (nSPS) is 12.3. The van der Waals surface area contributed by atoms with E-state index in [1.807, 2.05) is 0 Å². The Bertz CT molecular complexity index is 501. The molecule has 0 aromatic heterocycles. The number of nitrogen functional groups attached to an aromatic ring is 1. The van der Waals surface area contributed by atoms with Gasteiger partial charge in [-0.2, -0.15) is 13.2 Å². The van der Waals surface area contributed by atoms with E-state index in [2.05, 4.69) is 4.74 Å². The van der Waals surface area contributed by atoms with Crippen molar-refractivity contribution in [3.05, 3.63) is 23.8 Å². The van der Waals surface area contributed by atoms with Crippen molar-refractivity contribution in [3.63, 3.8) is 0 Å². The lowest BCUT2D eigenvalue weighted by molar-refractivity contribution is -0.149. The van der Waals surface area contributed by atoms with Crippen LogP contribution in [0, 0.1) is 5.41 Å². The Balaban J connectivity index is 2.83. The average molecular weight is 307 g/mol. The van der Waals surface area contributed by atoms with Crippen LogP contribution in [-0.4, -0.2) is 18.8 Å². The largest absolute Gasteiger partial charge is 0.469 e. The molecule has 20 heavy (non-hydrogen) atoms. The second kappa shape index (κ2) is 5.95. The summed E-state index contributed by atoms with van der Waals surface area (Å²) in [5.74, 6) is -0.0228. The number of alkyl halides is 3. The standard InChI is InChI=1S/C13H16F3NO2S/c1-12(2,11(18)19-3)7-20-10-5-4-8(6-9(10)17)13(14,15)16/h4-6H,7,17H2,1-3H3. The van der Waals surface area contributed by atoms with Crippen molar-refractivity contribution in [2.24, 2.45) is 5.41 Å². The minimum atomic E-state index is -4.41. The smallest absolute Gasteiger partial charge is 0.416 e. The lowest BCUT2D eigenvalue weighted by atomic mass is 9.97. The van der Waals surface area contributed by atoms with Crippen LogP contribution in [0.4, 0.5) is 18.9 Å². The van der Waals surface area contributed by atoms with Crippen molar-refractivity contribution >= 4 is 23.4 Å².